The minimum atomic E-state index is -1.44. The van der Waals surface area contributed by atoms with Gasteiger partial charge in [-0.15, -0.1) is 0 Å². The summed E-state index contributed by atoms with van der Waals surface area (Å²) in [4.78, 5) is 11.1. The van der Waals surface area contributed by atoms with Crippen LogP contribution in [0.3, 0.4) is 0 Å². The molecule has 0 bridgehead atoms. The van der Waals surface area contributed by atoms with Gasteiger partial charge in [-0.1, -0.05) is 0 Å². The Morgan fingerprint density at radius 1 is 1.28 bits per heavy atom. The molecular formula is C11H12F2N2O3. The van der Waals surface area contributed by atoms with Crippen molar-refractivity contribution < 1.29 is 18.8 Å². The van der Waals surface area contributed by atoms with Gasteiger partial charge < -0.3 is 10.0 Å². The highest BCUT2D eigenvalue weighted by molar-refractivity contribution is 5.53. The Morgan fingerprint density at radius 2 is 1.89 bits per heavy atom. The van der Waals surface area contributed by atoms with E-state index < -0.39 is 28.3 Å². The fourth-order valence-electron chi connectivity index (χ4n) is 2.02. The van der Waals surface area contributed by atoms with Gasteiger partial charge in [-0.3, -0.25) is 10.1 Å². The molecule has 1 saturated heterocycles. The Balaban J connectivity index is 2.30. The number of aliphatic hydroxyl groups is 1. The maximum atomic E-state index is 13.7. The summed E-state index contributed by atoms with van der Waals surface area (Å²) < 4.78 is 27.2. The Bertz CT molecular complexity index is 474. The van der Waals surface area contributed by atoms with Crippen LogP contribution in [-0.2, 0) is 0 Å². The van der Waals surface area contributed by atoms with Gasteiger partial charge in [0, 0.05) is 19.2 Å². The molecule has 0 aromatic heterocycles. The number of piperidine rings is 1. The van der Waals surface area contributed by atoms with Crippen molar-refractivity contribution >= 4 is 11.4 Å². The number of rotatable bonds is 2. The highest BCUT2D eigenvalue weighted by atomic mass is 19.2. The lowest BCUT2D eigenvalue weighted by Gasteiger charge is -2.31. The lowest BCUT2D eigenvalue weighted by Crippen LogP contribution is -2.36. The van der Waals surface area contributed by atoms with E-state index in [9.17, 15) is 24.0 Å². The van der Waals surface area contributed by atoms with E-state index in [4.69, 9.17) is 0 Å². The number of nitrogens with zero attached hydrogens (tertiary/aromatic N) is 2. The smallest absolute Gasteiger partial charge is 0.308 e. The van der Waals surface area contributed by atoms with Crippen LogP contribution < -0.4 is 4.90 Å². The van der Waals surface area contributed by atoms with E-state index >= 15 is 0 Å². The molecule has 0 spiro atoms. The number of nitro benzene ring substituents is 1. The van der Waals surface area contributed by atoms with Gasteiger partial charge in [0.2, 0.25) is 5.82 Å². The quantitative estimate of drug-likeness (QED) is 0.649. The molecule has 0 aliphatic carbocycles. The number of hydrogen-bond acceptors (Lipinski definition) is 4. The number of nitro groups is 1. The maximum Gasteiger partial charge on any atom is 0.308 e. The fraction of sp³-hybridized carbons (Fsp3) is 0.455. The standard InChI is InChI=1S/C11H12F2N2O3/c12-10-8(14-5-3-7(16)4-6-14)1-2-9(11(10)13)15(17)18/h1-2,7,16H,3-6H2. The lowest BCUT2D eigenvalue weighted by molar-refractivity contribution is -0.387. The SMILES string of the molecule is O=[N+]([O-])c1ccc(N2CCC(O)CC2)c(F)c1F. The first kappa shape index (κ1) is 12.7. The molecule has 18 heavy (non-hydrogen) atoms. The molecule has 0 saturated carbocycles. The molecule has 1 heterocycles. The minimum absolute atomic E-state index is 0.00463. The van der Waals surface area contributed by atoms with Crippen LogP contribution in [-0.4, -0.2) is 29.2 Å². The topological polar surface area (TPSA) is 66.6 Å². The van der Waals surface area contributed by atoms with Gasteiger partial charge in [0.1, 0.15) is 0 Å². The second-order valence-electron chi connectivity index (χ2n) is 4.21. The third-order valence-electron chi connectivity index (χ3n) is 3.04. The monoisotopic (exact) mass is 258 g/mol. The predicted molar refractivity (Wildman–Crippen MR) is 60.5 cm³/mol. The van der Waals surface area contributed by atoms with Crippen LogP contribution >= 0.6 is 0 Å². The summed E-state index contributed by atoms with van der Waals surface area (Å²) in [5.74, 6) is -2.65. The van der Waals surface area contributed by atoms with Crippen molar-refractivity contribution in [3.05, 3.63) is 33.9 Å². The molecule has 0 amide bonds. The van der Waals surface area contributed by atoms with Crippen molar-refractivity contribution in [2.24, 2.45) is 0 Å². The second-order valence-corrected chi connectivity index (χ2v) is 4.21. The zero-order chi connectivity index (χ0) is 13.3. The number of anilines is 1. The number of aliphatic hydroxyl groups excluding tert-OH is 1. The third kappa shape index (κ3) is 2.26. The average Bonchev–Trinajstić information content (AvgIpc) is 2.33. The van der Waals surface area contributed by atoms with Crippen LogP contribution in [0.4, 0.5) is 20.2 Å². The van der Waals surface area contributed by atoms with Crippen LogP contribution in [0.1, 0.15) is 12.8 Å². The van der Waals surface area contributed by atoms with Crippen LogP contribution in [0.25, 0.3) is 0 Å². The predicted octanol–water partition coefficient (Wildman–Crippen LogP) is 1.83. The van der Waals surface area contributed by atoms with Gasteiger partial charge in [-0.2, -0.15) is 4.39 Å². The molecule has 1 fully saturated rings. The van der Waals surface area contributed by atoms with Crippen molar-refractivity contribution in [2.45, 2.75) is 18.9 Å². The number of benzene rings is 1. The molecule has 1 aromatic carbocycles. The molecule has 0 unspecified atom stereocenters. The summed E-state index contributed by atoms with van der Waals surface area (Å²) in [5, 5.41) is 19.8. The zero-order valence-corrected chi connectivity index (χ0v) is 9.47. The molecule has 1 aliphatic rings. The van der Waals surface area contributed by atoms with Gasteiger partial charge in [0.25, 0.3) is 0 Å². The summed E-state index contributed by atoms with van der Waals surface area (Å²) >= 11 is 0. The molecule has 2 rings (SSSR count). The molecule has 1 N–H and O–H groups in total. The van der Waals surface area contributed by atoms with E-state index in [-0.39, 0.29) is 5.69 Å². The fourth-order valence-corrected chi connectivity index (χ4v) is 2.02. The molecule has 1 aliphatic heterocycles. The first-order valence-electron chi connectivity index (χ1n) is 5.56. The minimum Gasteiger partial charge on any atom is -0.393 e. The van der Waals surface area contributed by atoms with E-state index in [0.29, 0.717) is 25.9 Å². The molecular weight excluding hydrogens is 246 g/mol. The van der Waals surface area contributed by atoms with E-state index in [1.165, 1.54) is 6.07 Å². The van der Waals surface area contributed by atoms with Crippen LogP contribution in [0, 0.1) is 21.7 Å². The van der Waals surface area contributed by atoms with E-state index in [1.54, 1.807) is 4.90 Å². The molecule has 5 nitrogen and oxygen atoms in total. The van der Waals surface area contributed by atoms with Crippen molar-refractivity contribution in [3.8, 4) is 0 Å². The van der Waals surface area contributed by atoms with Crippen molar-refractivity contribution in [2.75, 3.05) is 18.0 Å². The van der Waals surface area contributed by atoms with Crippen LogP contribution in [0.2, 0.25) is 0 Å². The molecule has 0 radical (unpaired) electrons. The lowest BCUT2D eigenvalue weighted by atomic mass is 10.1. The average molecular weight is 258 g/mol. The van der Waals surface area contributed by atoms with Gasteiger partial charge in [-0.05, 0) is 18.9 Å². The summed E-state index contributed by atoms with van der Waals surface area (Å²) in [6.07, 6.45) is 0.517. The van der Waals surface area contributed by atoms with E-state index in [2.05, 4.69) is 0 Å². The van der Waals surface area contributed by atoms with Crippen molar-refractivity contribution in [3.63, 3.8) is 0 Å². The molecule has 98 valence electrons. The normalized spacial score (nSPS) is 16.9. The van der Waals surface area contributed by atoms with Gasteiger partial charge in [0.05, 0.1) is 16.7 Å². The van der Waals surface area contributed by atoms with Crippen molar-refractivity contribution in [1.29, 1.82) is 0 Å². The summed E-state index contributed by atoms with van der Waals surface area (Å²) in [5.41, 5.74) is -0.863. The van der Waals surface area contributed by atoms with Gasteiger partial charge in [0.15, 0.2) is 5.82 Å². The summed E-state index contributed by atoms with van der Waals surface area (Å²) in [6.45, 7) is 0.796. The Kier molecular flexibility index (Phi) is 3.42. The van der Waals surface area contributed by atoms with Crippen molar-refractivity contribution in [1.82, 2.24) is 0 Å². The van der Waals surface area contributed by atoms with E-state index in [0.717, 1.165) is 6.07 Å². The zero-order valence-electron chi connectivity index (χ0n) is 9.47. The third-order valence-corrected chi connectivity index (χ3v) is 3.04. The highest BCUT2D eigenvalue weighted by Crippen LogP contribution is 2.29. The molecule has 0 atom stereocenters. The van der Waals surface area contributed by atoms with Crippen LogP contribution in [0.15, 0.2) is 12.1 Å². The van der Waals surface area contributed by atoms with Gasteiger partial charge in [-0.25, -0.2) is 4.39 Å². The Hall–Kier alpha value is -1.76. The first-order valence-corrected chi connectivity index (χ1v) is 5.56. The number of halogens is 2. The Morgan fingerprint density at radius 3 is 2.44 bits per heavy atom. The molecule has 1 aromatic rings. The van der Waals surface area contributed by atoms with Gasteiger partial charge >= 0.3 is 5.69 Å². The largest absolute Gasteiger partial charge is 0.393 e. The first-order chi connectivity index (χ1) is 8.50. The maximum absolute atomic E-state index is 13.7. The Labute approximate surface area is 102 Å². The van der Waals surface area contributed by atoms with E-state index in [1.807, 2.05) is 0 Å². The number of hydrogen-bond donors (Lipinski definition) is 1. The highest BCUT2D eigenvalue weighted by Gasteiger charge is 2.26. The summed E-state index contributed by atoms with van der Waals surface area (Å²) in [6, 6.07) is 2.16. The summed E-state index contributed by atoms with van der Waals surface area (Å²) in [7, 11) is 0. The second kappa shape index (κ2) is 4.85. The molecule has 7 heteroatoms. The van der Waals surface area contributed by atoms with Crippen LogP contribution in [0.5, 0.6) is 0 Å².